The second kappa shape index (κ2) is 5.23. The number of rotatable bonds is 4. The molecule has 2 rings (SSSR count). The average molecular weight is 235 g/mol. The number of hydrogen-bond donors (Lipinski definition) is 1. The van der Waals surface area contributed by atoms with Crippen LogP contribution in [0.25, 0.3) is 0 Å². The molecular weight excluding hydrogens is 220 g/mol. The molecule has 1 aromatic carbocycles. The summed E-state index contributed by atoms with van der Waals surface area (Å²) in [5.74, 6) is 1.29. The van der Waals surface area contributed by atoms with E-state index in [2.05, 4.69) is 11.4 Å². The number of nitrogens with zero attached hydrogens (tertiary/aromatic N) is 1. The highest BCUT2D eigenvalue weighted by molar-refractivity contribution is 6.17. The molecule has 1 aliphatic rings. The fraction of sp³-hybridized carbons (Fsp3) is 0.462. The van der Waals surface area contributed by atoms with Crippen molar-refractivity contribution in [3.63, 3.8) is 0 Å². The molecule has 0 saturated heterocycles. The number of benzene rings is 1. The van der Waals surface area contributed by atoms with Gasteiger partial charge in [0.2, 0.25) is 0 Å². The van der Waals surface area contributed by atoms with Gasteiger partial charge in [-0.25, -0.2) is 0 Å². The van der Waals surface area contributed by atoms with Gasteiger partial charge < -0.3 is 5.32 Å². The van der Waals surface area contributed by atoms with Crippen molar-refractivity contribution in [2.75, 3.05) is 17.7 Å². The van der Waals surface area contributed by atoms with Gasteiger partial charge in [-0.15, -0.1) is 11.6 Å². The highest BCUT2D eigenvalue weighted by Gasteiger charge is 2.21. The molecular formula is C13H15ClN2. The van der Waals surface area contributed by atoms with Gasteiger partial charge in [0.25, 0.3) is 0 Å². The molecule has 0 fully saturated rings. The maximum absolute atomic E-state index is 8.88. The molecule has 0 amide bonds. The Morgan fingerprint density at radius 2 is 2.31 bits per heavy atom. The molecule has 0 radical (unpaired) electrons. The molecule has 84 valence electrons. The summed E-state index contributed by atoms with van der Waals surface area (Å²) in [7, 11) is 0. The topological polar surface area (TPSA) is 35.8 Å². The molecule has 1 N–H and O–H groups in total. The lowest BCUT2D eigenvalue weighted by Crippen LogP contribution is -2.01. The van der Waals surface area contributed by atoms with Gasteiger partial charge in [-0.05, 0) is 36.6 Å². The number of fused-ring (bicyclic) bond motifs is 1. The lowest BCUT2D eigenvalue weighted by Gasteiger charge is -2.09. The van der Waals surface area contributed by atoms with Crippen LogP contribution in [0.15, 0.2) is 18.2 Å². The monoisotopic (exact) mass is 234 g/mol. The minimum atomic E-state index is 0.548. The van der Waals surface area contributed by atoms with Crippen LogP contribution in [0.1, 0.15) is 36.3 Å². The van der Waals surface area contributed by atoms with Crippen LogP contribution in [0, 0.1) is 11.3 Å². The van der Waals surface area contributed by atoms with Crippen LogP contribution < -0.4 is 5.32 Å². The summed E-state index contributed by atoms with van der Waals surface area (Å²) in [4.78, 5) is 0. The summed E-state index contributed by atoms with van der Waals surface area (Å²) in [6, 6.07) is 8.09. The standard InChI is InChI=1S/C13H15ClN2/c14-6-2-1-3-11-9-16-13-5-4-10(8-15)7-12(11)13/h4-5,7,11,16H,1-3,6,9H2. The van der Waals surface area contributed by atoms with Gasteiger partial charge in [0.15, 0.2) is 0 Å². The van der Waals surface area contributed by atoms with E-state index in [1.165, 1.54) is 11.3 Å². The fourth-order valence-electron chi connectivity index (χ4n) is 2.22. The van der Waals surface area contributed by atoms with Gasteiger partial charge in [0.1, 0.15) is 0 Å². The van der Waals surface area contributed by atoms with Crippen LogP contribution in [0.5, 0.6) is 0 Å². The van der Waals surface area contributed by atoms with Gasteiger partial charge in [-0.2, -0.15) is 5.26 Å². The summed E-state index contributed by atoms with van der Waals surface area (Å²) < 4.78 is 0. The van der Waals surface area contributed by atoms with E-state index in [1.807, 2.05) is 18.2 Å². The molecule has 0 aliphatic carbocycles. The minimum absolute atomic E-state index is 0.548. The molecule has 0 aromatic heterocycles. The minimum Gasteiger partial charge on any atom is -0.384 e. The number of unbranched alkanes of at least 4 members (excludes halogenated alkanes) is 1. The Bertz CT molecular complexity index is 409. The van der Waals surface area contributed by atoms with E-state index < -0.39 is 0 Å². The lowest BCUT2D eigenvalue weighted by atomic mass is 9.94. The molecule has 2 nitrogen and oxygen atoms in total. The van der Waals surface area contributed by atoms with Crippen molar-refractivity contribution in [2.24, 2.45) is 0 Å². The summed E-state index contributed by atoms with van der Waals surface area (Å²) in [5, 5.41) is 12.3. The Kier molecular flexibility index (Phi) is 3.69. The highest BCUT2D eigenvalue weighted by Crippen LogP contribution is 2.35. The molecule has 3 heteroatoms. The Morgan fingerprint density at radius 1 is 1.44 bits per heavy atom. The molecule has 0 bridgehead atoms. The normalized spacial score (nSPS) is 17.6. The van der Waals surface area contributed by atoms with E-state index >= 15 is 0 Å². The first-order valence-corrected chi connectivity index (χ1v) is 6.22. The summed E-state index contributed by atoms with van der Waals surface area (Å²) >= 11 is 5.68. The molecule has 1 aliphatic heterocycles. The molecule has 1 aromatic rings. The predicted octanol–water partition coefficient (Wildman–Crippen LogP) is 3.48. The van der Waals surface area contributed by atoms with E-state index in [1.54, 1.807) is 0 Å². The molecule has 1 heterocycles. The second-order valence-corrected chi connectivity index (χ2v) is 4.55. The zero-order valence-electron chi connectivity index (χ0n) is 9.17. The lowest BCUT2D eigenvalue weighted by molar-refractivity contribution is 0.623. The maximum Gasteiger partial charge on any atom is 0.0991 e. The molecule has 1 atom stereocenters. The van der Waals surface area contributed by atoms with Crippen molar-refractivity contribution in [3.8, 4) is 6.07 Å². The molecule has 1 unspecified atom stereocenters. The SMILES string of the molecule is N#Cc1ccc2c(c1)C(CCCCCl)CN2. The van der Waals surface area contributed by atoms with Crippen molar-refractivity contribution in [2.45, 2.75) is 25.2 Å². The molecule has 0 spiro atoms. The van der Waals surface area contributed by atoms with Crippen LogP contribution in [-0.2, 0) is 0 Å². The first-order valence-electron chi connectivity index (χ1n) is 5.69. The Labute approximate surface area is 101 Å². The van der Waals surface area contributed by atoms with Crippen molar-refractivity contribution in [1.82, 2.24) is 0 Å². The van der Waals surface area contributed by atoms with E-state index in [4.69, 9.17) is 16.9 Å². The van der Waals surface area contributed by atoms with Gasteiger partial charge in [0, 0.05) is 24.0 Å². The van der Waals surface area contributed by atoms with Crippen LogP contribution in [0.4, 0.5) is 5.69 Å². The quantitative estimate of drug-likeness (QED) is 0.640. The predicted molar refractivity (Wildman–Crippen MR) is 67.0 cm³/mol. The maximum atomic E-state index is 8.88. The van der Waals surface area contributed by atoms with Crippen LogP contribution in [-0.4, -0.2) is 12.4 Å². The molecule has 0 saturated carbocycles. The Morgan fingerprint density at radius 3 is 3.06 bits per heavy atom. The van der Waals surface area contributed by atoms with Gasteiger partial charge in [-0.3, -0.25) is 0 Å². The Balaban J connectivity index is 2.09. The number of nitriles is 1. The molecule has 16 heavy (non-hydrogen) atoms. The number of halogens is 1. The largest absolute Gasteiger partial charge is 0.384 e. The van der Waals surface area contributed by atoms with E-state index in [0.29, 0.717) is 5.92 Å². The first kappa shape index (κ1) is 11.3. The van der Waals surface area contributed by atoms with E-state index in [9.17, 15) is 0 Å². The number of hydrogen-bond acceptors (Lipinski definition) is 2. The van der Waals surface area contributed by atoms with Crippen molar-refractivity contribution >= 4 is 17.3 Å². The highest BCUT2D eigenvalue weighted by atomic mass is 35.5. The Hall–Kier alpha value is -1.20. The second-order valence-electron chi connectivity index (χ2n) is 4.18. The first-order chi connectivity index (χ1) is 7.85. The third kappa shape index (κ3) is 2.31. The summed E-state index contributed by atoms with van der Waals surface area (Å²) in [6.45, 7) is 0.993. The van der Waals surface area contributed by atoms with Crippen LogP contribution in [0.3, 0.4) is 0 Å². The smallest absolute Gasteiger partial charge is 0.0991 e. The third-order valence-corrected chi connectivity index (χ3v) is 3.36. The summed E-state index contributed by atoms with van der Waals surface area (Å²) in [6.07, 6.45) is 3.39. The fourth-order valence-corrected chi connectivity index (χ4v) is 2.41. The number of nitrogens with one attached hydrogen (secondary N) is 1. The van der Waals surface area contributed by atoms with E-state index in [0.717, 1.165) is 37.3 Å². The zero-order valence-corrected chi connectivity index (χ0v) is 9.93. The van der Waals surface area contributed by atoms with Gasteiger partial charge in [0.05, 0.1) is 11.6 Å². The van der Waals surface area contributed by atoms with E-state index in [-0.39, 0.29) is 0 Å². The van der Waals surface area contributed by atoms with Crippen molar-refractivity contribution in [3.05, 3.63) is 29.3 Å². The van der Waals surface area contributed by atoms with Crippen molar-refractivity contribution in [1.29, 1.82) is 5.26 Å². The third-order valence-electron chi connectivity index (χ3n) is 3.10. The van der Waals surface area contributed by atoms with Crippen LogP contribution >= 0.6 is 11.6 Å². The van der Waals surface area contributed by atoms with Gasteiger partial charge in [-0.1, -0.05) is 6.42 Å². The van der Waals surface area contributed by atoms with Crippen LogP contribution in [0.2, 0.25) is 0 Å². The average Bonchev–Trinajstić information content (AvgIpc) is 2.72. The van der Waals surface area contributed by atoms with Crippen molar-refractivity contribution < 1.29 is 0 Å². The van der Waals surface area contributed by atoms with Gasteiger partial charge >= 0.3 is 0 Å². The number of alkyl halides is 1. The summed E-state index contributed by atoms with van der Waals surface area (Å²) in [5.41, 5.74) is 3.24. The zero-order chi connectivity index (χ0) is 11.4. The number of anilines is 1.